The molecule has 0 radical (unpaired) electrons. The lowest BCUT2D eigenvalue weighted by Gasteiger charge is -2.31. The van der Waals surface area contributed by atoms with E-state index in [1.54, 1.807) is 0 Å². The first kappa shape index (κ1) is 15.7. The Balaban J connectivity index is 0.00000121. The van der Waals surface area contributed by atoms with Gasteiger partial charge in [0.15, 0.2) is 6.04 Å². The highest BCUT2D eigenvalue weighted by Gasteiger charge is 2.31. The highest BCUT2D eigenvalue weighted by atomic mass is 16.4. The summed E-state index contributed by atoms with van der Waals surface area (Å²) in [6.45, 7) is 4.00. The summed E-state index contributed by atoms with van der Waals surface area (Å²) in [7, 11) is 5.71. The third-order valence-corrected chi connectivity index (χ3v) is 2.49. The van der Waals surface area contributed by atoms with Gasteiger partial charge >= 0.3 is 5.97 Å². The van der Waals surface area contributed by atoms with Crippen LogP contribution in [0.4, 0.5) is 0 Å². The summed E-state index contributed by atoms with van der Waals surface area (Å²) in [4.78, 5) is 11.1. The van der Waals surface area contributed by atoms with Crippen LogP contribution >= 0.6 is 0 Å². The lowest BCUT2D eigenvalue weighted by atomic mass is 10.0. The van der Waals surface area contributed by atoms with E-state index in [1.807, 2.05) is 65.3 Å². The third kappa shape index (κ3) is 5.50. The van der Waals surface area contributed by atoms with E-state index < -0.39 is 12.0 Å². The molecule has 0 spiro atoms. The minimum absolute atomic E-state index is 0.396. The summed E-state index contributed by atoms with van der Waals surface area (Å²) in [5.74, 6) is -0.744. The van der Waals surface area contributed by atoms with Crippen molar-refractivity contribution >= 4 is 5.97 Å². The molecule has 0 aliphatic carbocycles. The highest BCUT2D eigenvalue weighted by molar-refractivity contribution is 5.72. The Kier molecular flexibility index (Phi) is 6.51. The lowest BCUT2D eigenvalue weighted by molar-refractivity contribution is -0.887. The number of carboxylic acids is 1. The van der Waals surface area contributed by atoms with Crippen molar-refractivity contribution in [2.24, 2.45) is 0 Å². The molecule has 0 aliphatic heterocycles. The molecule has 0 aliphatic rings. The Morgan fingerprint density at radius 1 is 1.18 bits per heavy atom. The molecule has 3 nitrogen and oxygen atoms in total. The van der Waals surface area contributed by atoms with Crippen LogP contribution < -0.4 is 0 Å². The molecular weight excluding hydrogens is 214 g/mol. The summed E-state index contributed by atoms with van der Waals surface area (Å²) >= 11 is 0. The number of nitrogens with zero attached hydrogens (tertiary/aromatic N) is 1. The summed E-state index contributed by atoms with van der Waals surface area (Å²) in [5.41, 5.74) is 1.07. The first-order chi connectivity index (χ1) is 7.91. The van der Waals surface area contributed by atoms with Gasteiger partial charge in [0.05, 0.1) is 21.1 Å². The molecule has 0 saturated heterocycles. The zero-order valence-corrected chi connectivity index (χ0v) is 11.5. The van der Waals surface area contributed by atoms with Crippen LogP contribution in [-0.4, -0.2) is 42.7 Å². The predicted molar refractivity (Wildman–Crippen MR) is 71.0 cm³/mol. The second kappa shape index (κ2) is 7.07. The lowest BCUT2D eigenvalue weighted by Crippen LogP contribution is -2.51. The van der Waals surface area contributed by atoms with Gasteiger partial charge in [-0.3, -0.25) is 0 Å². The highest BCUT2D eigenvalue weighted by Crippen LogP contribution is 2.11. The second-order valence-corrected chi connectivity index (χ2v) is 4.66. The van der Waals surface area contributed by atoms with E-state index in [-0.39, 0.29) is 0 Å². The van der Waals surface area contributed by atoms with E-state index in [1.165, 1.54) is 0 Å². The van der Waals surface area contributed by atoms with E-state index in [2.05, 4.69) is 0 Å². The van der Waals surface area contributed by atoms with E-state index in [0.29, 0.717) is 10.9 Å². The normalized spacial score (nSPS) is 12.3. The van der Waals surface area contributed by atoms with Crippen LogP contribution in [0.1, 0.15) is 19.4 Å². The number of aliphatic carboxylic acids is 1. The van der Waals surface area contributed by atoms with Gasteiger partial charge < -0.3 is 9.59 Å². The Labute approximate surface area is 104 Å². The molecule has 0 fully saturated rings. The fourth-order valence-electron chi connectivity index (χ4n) is 1.53. The third-order valence-electron chi connectivity index (χ3n) is 2.49. The molecule has 1 atom stereocenters. The molecule has 0 amide bonds. The maximum absolute atomic E-state index is 11.1. The minimum Gasteiger partial charge on any atom is -0.477 e. The average molecular weight is 238 g/mol. The van der Waals surface area contributed by atoms with Crippen LogP contribution in [0.2, 0.25) is 0 Å². The van der Waals surface area contributed by atoms with Crippen molar-refractivity contribution in [1.29, 1.82) is 0 Å². The van der Waals surface area contributed by atoms with Crippen molar-refractivity contribution < 1.29 is 14.4 Å². The molecule has 3 heteroatoms. The van der Waals surface area contributed by atoms with Crippen LogP contribution in [0.3, 0.4) is 0 Å². The molecule has 1 aromatic carbocycles. The fraction of sp³-hybridized carbons (Fsp3) is 0.500. The fourth-order valence-corrected chi connectivity index (χ4v) is 1.53. The van der Waals surface area contributed by atoms with Gasteiger partial charge in [-0.25, -0.2) is 4.79 Å². The monoisotopic (exact) mass is 238 g/mol. The number of likely N-dealkylation sites (N-methyl/N-ethyl adjacent to an activating group) is 1. The largest absolute Gasteiger partial charge is 0.477 e. The molecule has 0 bridgehead atoms. The Morgan fingerprint density at radius 3 is 2.00 bits per heavy atom. The van der Waals surface area contributed by atoms with Crippen molar-refractivity contribution in [3.05, 3.63) is 35.9 Å². The minimum atomic E-state index is -0.744. The molecule has 0 saturated carbocycles. The predicted octanol–water partition coefficient (Wildman–Crippen LogP) is 2.41. The summed E-state index contributed by atoms with van der Waals surface area (Å²) < 4.78 is 0.435. The molecule has 1 unspecified atom stereocenters. The quantitative estimate of drug-likeness (QED) is 0.818. The Bertz CT molecular complexity index is 328. The van der Waals surface area contributed by atoms with Gasteiger partial charge in [0.1, 0.15) is 0 Å². The zero-order valence-electron chi connectivity index (χ0n) is 11.5. The number of hydrogen-bond acceptors (Lipinski definition) is 1. The number of carboxylic acid groups (broad SMARTS) is 1. The van der Waals surface area contributed by atoms with E-state index in [0.717, 1.165) is 5.56 Å². The molecular formula is C14H24NO2+. The average Bonchev–Trinajstić information content (AvgIpc) is 2.28. The Morgan fingerprint density at radius 2 is 1.65 bits per heavy atom. The van der Waals surface area contributed by atoms with Crippen molar-refractivity contribution in [2.45, 2.75) is 26.3 Å². The van der Waals surface area contributed by atoms with Gasteiger partial charge in [0.2, 0.25) is 0 Å². The maximum atomic E-state index is 11.1. The van der Waals surface area contributed by atoms with Crippen molar-refractivity contribution in [2.75, 3.05) is 21.1 Å². The standard InChI is InChI=1S/C12H17NO2.C2H6/c1-13(2,3)11(12(14)15)9-10-7-5-4-6-8-10;1-2/h4-8,11H,9H2,1-3H3;1-2H3/p+1. The van der Waals surface area contributed by atoms with E-state index in [4.69, 9.17) is 5.11 Å². The van der Waals surface area contributed by atoms with Gasteiger partial charge in [0, 0.05) is 6.42 Å². The number of carbonyl (C=O) groups is 1. The topological polar surface area (TPSA) is 37.3 Å². The molecule has 17 heavy (non-hydrogen) atoms. The molecule has 96 valence electrons. The van der Waals surface area contributed by atoms with Gasteiger partial charge in [-0.15, -0.1) is 0 Å². The van der Waals surface area contributed by atoms with Crippen LogP contribution in [-0.2, 0) is 11.2 Å². The number of hydrogen-bond donors (Lipinski definition) is 1. The summed E-state index contributed by atoms with van der Waals surface area (Å²) in [6, 6.07) is 9.34. The van der Waals surface area contributed by atoms with Gasteiger partial charge in [-0.1, -0.05) is 44.2 Å². The molecule has 1 N–H and O–H groups in total. The smallest absolute Gasteiger partial charge is 0.362 e. The van der Waals surface area contributed by atoms with Crippen LogP contribution in [0.15, 0.2) is 30.3 Å². The molecule has 1 rings (SSSR count). The van der Waals surface area contributed by atoms with Crippen LogP contribution in [0.25, 0.3) is 0 Å². The number of rotatable bonds is 4. The van der Waals surface area contributed by atoms with Gasteiger partial charge in [0.25, 0.3) is 0 Å². The van der Waals surface area contributed by atoms with Gasteiger partial charge in [-0.2, -0.15) is 0 Å². The number of benzene rings is 1. The zero-order chi connectivity index (χ0) is 13.5. The van der Waals surface area contributed by atoms with Crippen LogP contribution in [0.5, 0.6) is 0 Å². The molecule has 1 aromatic rings. The SMILES string of the molecule is CC.C[N+](C)(C)C(Cc1ccccc1)C(=O)O. The van der Waals surface area contributed by atoms with Crippen molar-refractivity contribution in [3.63, 3.8) is 0 Å². The molecule has 0 aromatic heterocycles. The van der Waals surface area contributed by atoms with E-state index >= 15 is 0 Å². The van der Waals surface area contributed by atoms with Gasteiger partial charge in [-0.05, 0) is 5.56 Å². The van der Waals surface area contributed by atoms with E-state index in [9.17, 15) is 4.79 Å². The summed E-state index contributed by atoms with van der Waals surface area (Å²) in [5, 5.41) is 9.15. The first-order valence-corrected chi connectivity index (χ1v) is 5.99. The summed E-state index contributed by atoms with van der Waals surface area (Å²) in [6.07, 6.45) is 0.569. The number of quaternary nitrogens is 1. The van der Waals surface area contributed by atoms with Crippen molar-refractivity contribution in [1.82, 2.24) is 0 Å². The Hall–Kier alpha value is -1.35. The second-order valence-electron chi connectivity index (χ2n) is 4.66. The first-order valence-electron chi connectivity index (χ1n) is 5.99. The van der Waals surface area contributed by atoms with Crippen molar-refractivity contribution in [3.8, 4) is 0 Å². The molecule has 0 heterocycles. The maximum Gasteiger partial charge on any atom is 0.362 e. The van der Waals surface area contributed by atoms with Crippen LogP contribution in [0, 0.1) is 0 Å².